The Kier molecular flexibility index (Phi) is 42.9. The second kappa shape index (κ2) is 41.5. The summed E-state index contributed by atoms with van der Waals surface area (Å²) >= 11 is 4.74. The van der Waals surface area contributed by atoms with Crippen LogP contribution >= 0.6 is 40.0 Å². The van der Waals surface area contributed by atoms with Crippen LogP contribution < -0.4 is 22.5 Å². The van der Waals surface area contributed by atoms with Crippen molar-refractivity contribution in [1.82, 2.24) is 29.5 Å². The summed E-state index contributed by atoms with van der Waals surface area (Å²) in [4.78, 5) is 57.5. The molecule has 4 aromatic carbocycles. The Hall–Kier alpha value is -4.70. The Balaban J connectivity index is -0.000000320. The zero-order chi connectivity index (χ0) is 44.7. The van der Waals surface area contributed by atoms with Gasteiger partial charge in [-0.25, -0.2) is 19.0 Å². The molecular formula is C44H59I2N7O5V. The van der Waals surface area contributed by atoms with Gasteiger partial charge in [0.1, 0.15) is 12.4 Å². The van der Waals surface area contributed by atoms with Crippen LogP contribution in [0.3, 0.4) is 0 Å². The molecule has 0 amide bonds. The van der Waals surface area contributed by atoms with Gasteiger partial charge in [0.05, 0.1) is 12.0 Å². The zero-order valence-corrected chi connectivity index (χ0v) is 40.5. The fraction of sp³-hybridized carbons (Fsp3) is 0.273. The molecule has 0 aliphatic heterocycles. The Morgan fingerprint density at radius 3 is 1.05 bits per heavy atom. The van der Waals surface area contributed by atoms with E-state index in [1.54, 1.807) is 0 Å². The van der Waals surface area contributed by atoms with Crippen LogP contribution in [0.4, 0.5) is 0 Å². The van der Waals surface area contributed by atoms with Crippen LogP contribution in [0.5, 0.6) is 0 Å². The molecule has 319 valence electrons. The molecule has 6 aromatic rings. The molecule has 2 N–H and O–H groups in total. The van der Waals surface area contributed by atoms with Gasteiger partial charge in [-0.1, -0.05) is 184 Å². The van der Waals surface area contributed by atoms with Gasteiger partial charge >= 0.3 is 60.8 Å². The number of aromatic amines is 2. The molecule has 0 saturated heterocycles. The number of nitriles is 1. The quantitative estimate of drug-likeness (QED) is 0.130. The van der Waals surface area contributed by atoms with Crippen LogP contribution in [-0.4, -0.2) is 35.3 Å². The summed E-state index contributed by atoms with van der Waals surface area (Å²) in [5.74, 6) is -0.0846. The Bertz CT molecular complexity index is 2010. The van der Waals surface area contributed by atoms with Gasteiger partial charge in [0.25, 0.3) is 11.1 Å². The van der Waals surface area contributed by atoms with Gasteiger partial charge in [-0.3, -0.25) is 24.4 Å². The molecule has 2 aromatic heterocycles. The zero-order valence-electron chi connectivity index (χ0n) is 34.8. The summed E-state index contributed by atoms with van der Waals surface area (Å²) in [6.45, 7) is 16.0. The number of aryl methyl sites for hydroxylation is 2. The van der Waals surface area contributed by atoms with E-state index in [0.29, 0.717) is 9.47 Å². The summed E-state index contributed by atoms with van der Waals surface area (Å²) in [6, 6.07) is 40.7. The van der Waals surface area contributed by atoms with E-state index >= 15 is 0 Å². The van der Waals surface area contributed by atoms with Gasteiger partial charge in [0.15, 0.2) is 5.78 Å². The van der Waals surface area contributed by atoms with Crippen molar-refractivity contribution in [2.75, 3.05) is 0 Å². The molecule has 0 unspecified atom stereocenters. The summed E-state index contributed by atoms with van der Waals surface area (Å²) in [5, 5.41) is 16.1. The SMILES string of the molecule is C.CC.CC.CC.CC.Cn1ncc(=O)[nH]c1=O.Cn1ncc(=O)[nH]c1=O.N#CC(c1ccccc1)c1ccccc1.O=C(c1ccccc1)c1ccccc1.[I][V][I]. The Morgan fingerprint density at radius 1 is 0.576 bits per heavy atom. The average Bonchev–Trinajstić information content (AvgIpc) is 3.29. The number of ketones is 1. The van der Waals surface area contributed by atoms with Crippen molar-refractivity contribution in [3.05, 3.63) is 198 Å². The molecular weight excluding hydrogens is 1010 g/mol. The summed E-state index contributed by atoms with van der Waals surface area (Å²) < 4.78 is 2.09. The number of nitrogens with zero attached hydrogens (tertiary/aromatic N) is 5. The van der Waals surface area contributed by atoms with E-state index < -0.39 is 22.5 Å². The van der Waals surface area contributed by atoms with Gasteiger partial charge in [-0.2, -0.15) is 15.5 Å². The van der Waals surface area contributed by atoms with Crippen molar-refractivity contribution < 1.29 is 14.3 Å². The first kappa shape index (κ1) is 61.0. The molecule has 59 heavy (non-hydrogen) atoms. The third-order valence-corrected chi connectivity index (χ3v) is 6.21. The first-order valence-corrected chi connectivity index (χ1v) is 27.4. The van der Waals surface area contributed by atoms with E-state index in [-0.39, 0.29) is 19.1 Å². The standard InChI is InChI=1S/C14H11N.C13H10O.2C4H5N3O2.4C2H6.CH4.2HI.V/c15-11-14(12-7-3-1-4-8-12)13-9-5-2-6-10-13;14-13(11-7-3-1-4-8-11)12-9-5-2-6-10-12;2*1-7-4(9)6-3(8)2-5-7;4*1-2;;;;/h1-10,14H;1-10H;2*2H,1H3,(H,6,8,9);4*1-2H3;1H4;2*1H;/q;;;;;;;;;;;+2/p-2. The van der Waals surface area contributed by atoms with Gasteiger partial charge in [0, 0.05) is 25.2 Å². The molecule has 0 bridgehead atoms. The van der Waals surface area contributed by atoms with E-state index in [1.807, 2.05) is 187 Å². The maximum atomic E-state index is 11.8. The van der Waals surface area contributed by atoms with E-state index in [4.69, 9.17) is 0 Å². The van der Waals surface area contributed by atoms with Crippen molar-refractivity contribution >= 4 is 45.7 Å². The normalized spacial score (nSPS) is 8.34. The van der Waals surface area contributed by atoms with Gasteiger partial charge < -0.3 is 0 Å². The fourth-order valence-corrected chi connectivity index (χ4v) is 3.80. The number of nitrogens with one attached hydrogen (secondary N) is 2. The van der Waals surface area contributed by atoms with Crippen LogP contribution in [0.15, 0.2) is 153 Å². The first-order valence-electron chi connectivity index (χ1n) is 18.4. The molecule has 2 heterocycles. The minimum atomic E-state index is -0.498. The molecule has 0 fully saturated rings. The first-order chi connectivity index (χ1) is 28.1. The van der Waals surface area contributed by atoms with Gasteiger partial charge in [-0.15, -0.1) is 0 Å². The van der Waals surface area contributed by atoms with Crippen molar-refractivity contribution in [1.29, 1.82) is 5.26 Å². The molecule has 0 saturated carbocycles. The molecule has 0 aliphatic carbocycles. The number of carbonyl (C=O) groups excluding carboxylic acids is 1. The van der Waals surface area contributed by atoms with E-state index in [9.17, 15) is 29.2 Å². The maximum absolute atomic E-state index is 11.8. The average molecular weight is 1070 g/mol. The predicted octanol–water partition coefficient (Wildman–Crippen LogP) is 9.71. The molecule has 12 nitrogen and oxygen atoms in total. The van der Waals surface area contributed by atoms with Gasteiger partial charge in [0.2, 0.25) is 0 Å². The van der Waals surface area contributed by atoms with Crippen molar-refractivity contribution in [2.24, 2.45) is 14.1 Å². The molecule has 0 radical (unpaired) electrons. The van der Waals surface area contributed by atoms with Crippen LogP contribution in [-0.2, 0) is 23.6 Å². The van der Waals surface area contributed by atoms with Crippen LogP contribution in [0.25, 0.3) is 0 Å². The number of H-pyrrole nitrogens is 2. The number of hydrogen-bond donors (Lipinski definition) is 2. The monoisotopic (exact) mass is 1070 g/mol. The van der Waals surface area contributed by atoms with Crippen LogP contribution in [0.1, 0.15) is 95.8 Å². The molecule has 0 aliphatic rings. The summed E-state index contributed by atoms with van der Waals surface area (Å²) in [5.41, 5.74) is 1.62. The number of benzene rings is 4. The Morgan fingerprint density at radius 2 is 0.831 bits per heavy atom. The van der Waals surface area contributed by atoms with Crippen LogP contribution in [0.2, 0.25) is 0 Å². The van der Waals surface area contributed by atoms with Crippen molar-refractivity contribution in [2.45, 2.75) is 68.7 Å². The second-order valence-corrected chi connectivity index (χ2v) is 21.4. The van der Waals surface area contributed by atoms with E-state index in [0.717, 1.165) is 44.0 Å². The third-order valence-electron chi connectivity index (χ3n) is 6.21. The topological polar surface area (TPSA) is 176 Å². The minimum absolute atomic E-state index is 0. The number of halogens is 2. The molecule has 0 atom stereocenters. The van der Waals surface area contributed by atoms with Crippen LogP contribution in [0, 0.1) is 11.3 Å². The van der Waals surface area contributed by atoms with Crippen molar-refractivity contribution in [3.8, 4) is 6.07 Å². The Labute approximate surface area is 378 Å². The summed E-state index contributed by atoms with van der Waals surface area (Å²) in [6.07, 6.45) is 2.09. The predicted molar refractivity (Wildman–Crippen MR) is 257 cm³/mol. The number of aromatic nitrogens is 6. The molecule has 0 spiro atoms. The third kappa shape index (κ3) is 27.6. The fourth-order valence-electron chi connectivity index (χ4n) is 3.80. The number of carbonyl (C=O) groups is 1. The van der Waals surface area contributed by atoms with E-state index in [1.165, 1.54) is 14.1 Å². The number of hydrogen-bond acceptors (Lipinski definition) is 8. The van der Waals surface area contributed by atoms with Gasteiger partial charge in [-0.05, 0) is 11.1 Å². The molecule has 15 heteroatoms. The van der Waals surface area contributed by atoms with Crippen molar-refractivity contribution in [3.63, 3.8) is 0 Å². The van der Waals surface area contributed by atoms with E-state index in [2.05, 4.69) is 56.2 Å². The number of rotatable bonds is 4. The second-order valence-electron chi connectivity index (χ2n) is 9.63. The summed E-state index contributed by atoms with van der Waals surface area (Å²) in [7, 11) is 3.54. The molecule has 6 rings (SSSR count).